The zero-order valence-corrected chi connectivity index (χ0v) is 15.6. The molecule has 3 aliphatic heterocycles. The van der Waals surface area contributed by atoms with Crippen LogP contribution in [-0.4, -0.2) is 41.2 Å². The number of carboxylic acids is 1. The van der Waals surface area contributed by atoms with Crippen molar-refractivity contribution in [1.29, 1.82) is 0 Å². The van der Waals surface area contributed by atoms with Crippen molar-refractivity contribution < 1.29 is 29.6 Å². The second-order valence-corrected chi connectivity index (χ2v) is 7.80. The van der Waals surface area contributed by atoms with E-state index >= 15 is 0 Å². The van der Waals surface area contributed by atoms with E-state index in [1.165, 1.54) is 4.90 Å². The molecule has 1 aromatic rings. The Kier molecular flexibility index (Phi) is 4.45. The van der Waals surface area contributed by atoms with Crippen molar-refractivity contribution >= 4 is 29.4 Å². The maximum absolute atomic E-state index is 13.3. The van der Waals surface area contributed by atoms with Gasteiger partial charge in [0.05, 0.1) is 5.69 Å². The van der Waals surface area contributed by atoms with Crippen LogP contribution < -0.4 is 15.7 Å². The first kappa shape index (κ1) is 18.6. The molecule has 0 radical (unpaired) electrons. The molecule has 8 nitrogen and oxygen atoms in total. The second kappa shape index (κ2) is 6.70. The lowest BCUT2D eigenvalue weighted by Crippen LogP contribution is -2.99. The van der Waals surface area contributed by atoms with Gasteiger partial charge in [0, 0.05) is 24.5 Å². The average molecular weight is 385 g/mol. The molecule has 148 valence electrons. The van der Waals surface area contributed by atoms with E-state index in [-0.39, 0.29) is 30.6 Å². The number of imide groups is 1. The fourth-order valence-corrected chi connectivity index (χ4v) is 5.07. The molecule has 3 N–H and O–H groups in total. The SMILES string of the molecule is CCCCN1C(=O)[C@H]2[C@@H](C1=O)[C@@]1([NH2+][C@@H]2CCC(=O)[O-])C(=O)Nc2ccccc21. The van der Waals surface area contributed by atoms with Gasteiger partial charge in [0.25, 0.3) is 5.91 Å². The lowest BCUT2D eigenvalue weighted by atomic mass is 9.76. The standard InChI is InChI=1S/C20H23N3O5/c1-2-3-10-23-17(26)15-13(8-9-14(24)25)22-20(16(15)18(23)27)11-6-4-5-7-12(11)21-19(20)28/h4-7,13,15-16,22H,2-3,8-10H2,1H3,(H,21,28)(H,24,25)/t13-,15-,16+,20-/m1/s1. The first-order valence-electron chi connectivity index (χ1n) is 9.74. The lowest BCUT2D eigenvalue weighted by molar-refractivity contribution is -0.734. The minimum Gasteiger partial charge on any atom is -0.550 e. The van der Waals surface area contributed by atoms with E-state index in [9.17, 15) is 24.3 Å². The van der Waals surface area contributed by atoms with Crippen LogP contribution in [0.4, 0.5) is 5.69 Å². The number of likely N-dealkylation sites (tertiary alicyclic amines) is 1. The molecule has 1 spiro atoms. The minimum atomic E-state index is -1.23. The van der Waals surface area contributed by atoms with Crippen LogP contribution in [-0.2, 0) is 24.7 Å². The number of anilines is 1. The summed E-state index contributed by atoms with van der Waals surface area (Å²) in [7, 11) is 0. The van der Waals surface area contributed by atoms with Gasteiger partial charge in [-0.2, -0.15) is 0 Å². The highest BCUT2D eigenvalue weighted by Gasteiger charge is 2.73. The maximum atomic E-state index is 13.3. The van der Waals surface area contributed by atoms with Gasteiger partial charge >= 0.3 is 0 Å². The number of rotatable bonds is 6. The summed E-state index contributed by atoms with van der Waals surface area (Å²) in [5.41, 5.74) is 0.0886. The van der Waals surface area contributed by atoms with E-state index in [0.717, 1.165) is 6.42 Å². The lowest BCUT2D eigenvalue weighted by Gasteiger charge is -2.26. The number of carbonyl (C=O) groups is 4. The third-order valence-electron chi connectivity index (χ3n) is 6.28. The molecular weight excluding hydrogens is 362 g/mol. The number of amides is 3. The number of para-hydroxylation sites is 1. The number of unbranched alkanes of at least 4 members (excludes halogenated alkanes) is 1. The van der Waals surface area contributed by atoms with Gasteiger partial charge in [0.2, 0.25) is 17.4 Å². The predicted octanol–water partition coefficient (Wildman–Crippen LogP) is -1.29. The number of benzene rings is 1. The molecule has 8 heteroatoms. The minimum absolute atomic E-state index is 0.168. The molecule has 2 saturated heterocycles. The molecule has 4 atom stereocenters. The smallest absolute Gasteiger partial charge is 0.291 e. The number of carboxylic acid groups (broad SMARTS) is 1. The third-order valence-corrected chi connectivity index (χ3v) is 6.28. The van der Waals surface area contributed by atoms with Crippen molar-refractivity contribution in [2.45, 2.75) is 44.2 Å². The van der Waals surface area contributed by atoms with Crippen LogP contribution in [0.2, 0.25) is 0 Å². The second-order valence-electron chi connectivity index (χ2n) is 7.80. The maximum Gasteiger partial charge on any atom is 0.291 e. The highest BCUT2D eigenvalue weighted by Crippen LogP contribution is 2.49. The van der Waals surface area contributed by atoms with E-state index in [2.05, 4.69) is 5.32 Å². The topological polar surface area (TPSA) is 123 Å². The first-order valence-corrected chi connectivity index (χ1v) is 9.74. The van der Waals surface area contributed by atoms with Gasteiger partial charge in [-0.3, -0.25) is 19.3 Å². The average Bonchev–Trinajstić information content (AvgIpc) is 3.24. The molecule has 2 fully saturated rings. The van der Waals surface area contributed by atoms with Crippen LogP contribution in [0.5, 0.6) is 0 Å². The van der Waals surface area contributed by atoms with E-state index in [1.807, 2.05) is 6.92 Å². The Morgan fingerprint density at radius 1 is 1.25 bits per heavy atom. The van der Waals surface area contributed by atoms with Gasteiger partial charge in [0.1, 0.15) is 17.9 Å². The summed E-state index contributed by atoms with van der Waals surface area (Å²) in [6, 6.07) is 6.70. The molecule has 3 amide bonds. The summed E-state index contributed by atoms with van der Waals surface area (Å²) in [6.45, 7) is 2.30. The van der Waals surface area contributed by atoms with E-state index < -0.39 is 29.4 Å². The van der Waals surface area contributed by atoms with Crippen LogP contribution in [0.3, 0.4) is 0 Å². The number of carbonyl (C=O) groups excluding carboxylic acids is 4. The fraction of sp³-hybridized carbons (Fsp3) is 0.500. The number of hydrogen-bond donors (Lipinski definition) is 2. The molecule has 0 aromatic heterocycles. The number of quaternary nitrogens is 1. The number of nitrogens with one attached hydrogen (secondary N) is 1. The Balaban J connectivity index is 1.79. The summed E-state index contributed by atoms with van der Waals surface area (Å²) in [5.74, 6) is -3.69. The number of aliphatic carboxylic acids is 1. The van der Waals surface area contributed by atoms with Crippen molar-refractivity contribution in [3.05, 3.63) is 29.8 Å². The summed E-state index contributed by atoms with van der Waals surface area (Å²) >= 11 is 0. The third kappa shape index (κ3) is 2.47. The van der Waals surface area contributed by atoms with E-state index in [0.29, 0.717) is 24.2 Å². The van der Waals surface area contributed by atoms with Gasteiger partial charge in [-0.15, -0.1) is 0 Å². The molecule has 0 saturated carbocycles. The van der Waals surface area contributed by atoms with Crippen molar-refractivity contribution in [2.75, 3.05) is 11.9 Å². The summed E-state index contributed by atoms with van der Waals surface area (Å²) < 4.78 is 0. The van der Waals surface area contributed by atoms with Crippen molar-refractivity contribution in [3.8, 4) is 0 Å². The quantitative estimate of drug-likeness (QED) is 0.590. The predicted molar refractivity (Wildman–Crippen MR) is 95.3 cm³/mol. The molecule has 0 aliphatic carbocycles. The normalized spacial score (nSPS) is 30.7. The summed E-state index contributed by atoms with van der Waals surface area (Å²) in [5, 5.41) is 15.6. The van der Waals surface area contributed by atoms with E-state index in [1.54, 1.807) is 29.6 Å². The fourth-order valence-electron chi connectivity index (χ4n) is 5.07. The molecule has 3 heterocycles. The summed E-state index contributed by atoms with van der Waals surface area (Å²) in [6.07, 6.45) is 1.47. The Hall–Kier alpha value is -2.74. The summed E-state index contributed by atoms with van der Waals surface area (Å²) in [4.78, 5) is 51.8. The molecule has 3 aliphatic rings. The first-order chi connectivity index (χ1) is 13.4. The largest absolute Gasteiger partial charge is 0.550 e. The Bertz CT molecular complexity index is 869. The van der Waals surface area contributed by atoms with Gasteiger partial charge in [-0.1, -0.05) is 31.5 Å². The van der Waals surface area contributed by atoms with Gasteiger partial charge in [0.15, 0.2) is 0 Å². The number of nitrogens with zero attached hydrogens (tertiary/aromatic N) is 1. The van der Waals surface area contributed by atoms with Crippen LogP contribution in [0.1, 0.15) is 38.2 Å². The highest BCUT2D eigenvalue weighted by atomic mass is 16.4. The van der Waals surface area contributed by atoms with Gasteiger partial charge in [-0.05, 0) is 18.9 Å². The Labute approximate surface area is 162 Å². The molecule has 4 rings (SSSR count). The Morgan fingerprint density at radius 2 is 2.00 bits per heavy atom. The highest BCUT2D eigenvalue weighted by molar-refractivity contribution is 6.13. The van der Waals surface area contributed by atoms with Crippen LogP contribution in [0.25, 0.3) is 0 Å². The van der Waals surface area contributed by atoms with Gasteiger partial charge in [-0.25, -0.2) is 0 Å². The van der Waals surface area contributed by atoms with Crippen molar-refractivity contribution in [1.82, 2.24) is 4.90 Å². The monoisotopic (exact) mass is 385 g/mol. The number of nitrogens with two attached hydrogens (primary N) is 1. The number of fused-ring (bicyclic) bond motifs is 4. The Morgan fingerprint density at radius 3 is 2.71 bits per heavy atom. The van der Waals surface area contributed by atoms with Crippen LogP contribution >= 0.6 is 0 Å². The molecule has 1 aromatic carbocycles. The van der Waals surface area contributed by atoms with Gasteiger partial charge < -0.3 is 20.5 Å². The molecular formula is C20H23N3O5. The zero-order chi connectivity index (χ0) is 20.1. The van der Waals surface area contributed by atoms with Crippen LogP contribution in [0, 0.1) is 11.8 Å². The van der Waals surface area contributed by atoms with Crippen molar-refractivity contribution in [2.24, 2.45) is 11.8 Å². The van der Waals surface area contributed by atoms with Crippen LogP contribution in [0.15, 0.2) is 24.3 Å². The van der Waals surface area contributed by atoms with E-state index in [4.69, 9.17) is 0 Å². The number of hydrogen-bond acceptors (Lipinski definition) is 5. The van der Waals surface area contributed by atoms with Crippen molar-refractivity contribution in [3.63, 3.8) is 0 Å². The zero-order valence-electron chi connectivity index (χ0n) is 15.6. The molecule has 0 unspecified atom stereocenters. The molecule has 28 heavy (non-hydrogen) atoms. The molecule has 0 bridgehead atoms.